The molecule has 2 fully saturated rings. The van der Waals surface area contributed by atoms with E-state index in [-0.39, 0.29) is 22.7 Å². The summed E-state index contributed by atoms with van der Waals surface area (Å²) in [4.78, 5) is 22.5. The lowest BCUT2D eigenvalue weighted by molar-refractivity contribution is -0.227. The highest BCUT2D eigenvalue weighted by atomic mass is 79.9. The van der Waals surface area contributed by atoms with Gasteiger partial charge in [0.25, 0.3) is 0 Å². The topological polar surface area (TPSA) is 52.6 Å². The Balaban J connectivity index is 2.26. The molecule has 1 aliphatic carbocycles. The molecule has 0 amide bonds. The van der Waals surface area contributed by atoms with Crippen molar-refractivity contribution in [2.24, 2.45) is 0 Å². The van der Waals surface area contributed by atoms with Crippen LogP contribution in [0.4, 0.5) is 0 Å². The van der Waals surface area contributed by atoms with Gasteiger partial charge in [-0.1, -0.05) is 15.9 Å². The first-order valence-electron chi connectivity index (χ1n) is 4.99. The van der Waals surface area contributed by atoms with Gasteiger partial charge < -0.3 is 9.47 Å². The molecule has 4 atom stereocenters. The van der Waals surface area contributed by atoms with E-state index in [0.29, 0.717) is 12.8 Å². The first kappa shape index (κ1) is 11.1. The molecule has 1 unspecified atom stereocenters. The summed E-state index contributed by atoms with van der Waals surface area (Å²) in [5, 5.41) is 0. The average Bonchev–Trinajstić information content (AvgIpc) is 2.17. The summed E-state index contributed by atoms with van der Waals surface area (Å²) >= 11 is 3.31. The van der Waals surface area contributed by atoms with Crippen LogP contribution in [0.3, 0.4) is 0 Å². The van der Waals surface area contributed by atoms with Crippen LogP contribution >= 0.6 is 15.9 Å². The Morgan fingerprint density at radius 3 is 2.80 bits per heavy atom. The monoisotopic (exact) mass is 276 g/mol. The van der Waals surface area contributed by atoms with Crippen LogP contribution in [0.2, 0.25) is 0 Å². The Kier molecular flexibility index (Phi) is 2.63. The number of fused-ring (bicyclic) bond motifs is 1. The highest BCUT2D eigenvalue weighted by Gasteiger charge is 2.53. The minimum Gasteiger partial charge on any atom is -0.455 e. The number of hydrogen-bond acceptors (Lipinski definition) is 4. The molecule has 1 aliphatic heterocycles. The molecular formula is C10H13BrO4. The Morgan fingerprint density at radius 1 is 1.47 bits per heavy atom. The van der Waals surface area contributed by atoms with Crippen LogP contribution in [0.5, 0.6) is 0 Å². The van der Waals surface area contributed by atoms with Gasteiger partial charge in [0.05, 0.1) is 0 Å². The number of halogens is 1. The van der Waals surface area contributed by atoms with E-state index in [1.807, 2.05) is 6.92 Å². The van der Waals surface area contributed by atoms with Crippen molar-refractivity contribution >= 4 is 27.7 Å². The molecular weight excluding hydrogens is 264 g/mol. The van der Waals surface area contributed by atoms with Crippen LogP contribution in [0.25, 0.3) is 0 Å². The predicted molar refractivity (Wildman–Crippen MR) is 55.8 cm³/mol. The fraction of sp³-hybridized carbons (Fsp3) is 0.800. The molecule has 1 saturated heterocycles. The van der Waals surface area contributed by atoms with Gasteiger partial charge in [-0.3, -0.25) is 4.79 Å². The van der Waals surface area contributed by atoms with Gasteiger partial charge in [-0.25, -0.2) is 4.79 Å². The van der Waals surface area contributed by atoms with E-state index in [1.54, 1.807) is 6.92 Å². The van der Waals surface area contributed by atoms with E-state index in [2.05, 4.69) is 15.9 Å². The molecule has 2 aliphatic rings. The number of alkyl halides is 1. The standard InChI is InChI=1S/C10H13BrO4/c1-5-9(13)15-10(2)4-3-6(12)7(11)8(10)14-5/h5,7-8H,3-4H2,1-2H3/t5-,7?,8+,10+/m1/s1. The fourth-order valence-corrected chi connectivity index (χ4v) is 2.95. The van der Waals surface area contributed by atoms with Crippen LogP contribution < -0.4 is 0 Å². The van der Waals surface area contributed by atoms with Gasteiger partial charge >= 0.3 is 5.97 Å². The molecule has 0 radical (unpaired) electrons. The second-order valence-electron chi connectivity index (χ2n) is 4.30. The second-order valence-corrected chi connectivity index (χ2v) is 5.29. The van der Waals surface area contributed by atoms with Gasteiger partial charge in [-0.2, -0.15) is 0 Å². The third-order valence-electron chi connectivity index (χ3n) is 3.06. The lowest BCUT2D eigenvalue weighted by Crippen LogP contribution is -2.61. The number of ether oxygens (including phenoxy) is 2. The molecule has 0 N–H and O–H groups in total. The molecule has 0 bridgehead atoms. The number of hydrogen-bond donors (Lipinski definition) is 0. The summed E-state index contributed by atoms with van der Waals surface area (Å²) < 4.78 is 10.9. The first-order valence-corrected chi connectivity index (χ1v) is 5.91. The van der Waals surface area contributed by atoms with E-state index < -0.39 is 11.7 Å². The Hall–Kier alpha value is -0.420. The van der Waals surface area contributed by atoms with Gasteiger partial charge in [0.1, 0.15) is 22.3 Å². The normalized spacial score (nSPS) is 45.9. The molecule has 0 aromatic rings. The Morgan fingerprint density at radius 2 is 2.13 bits per heavy atom. The first-order chi connectivity index (χ1) is 6.94. The highest BCUT2D eigenvalue weighted by molar-refractivity contribution is 9.10. The van der Waals surface area contributed by atoms with Crippen LogP contribution in [0.1, 0.15) is 26.7 Å². The molecule has 0 aromatic carbocycles. The smallest absolute Gasteiger partial charge is 0.335 e. The minimum atomic E-state index is -0.661. The van der Waals surface area contributed by atoms with Crippen molar-refractivity contribution in [2.45, 2.75) is 49.3 Å². The number of ketones is 1. The molecule has 84 valence electrons. The van der Waals surface area contributed by atoms with Crippen LogP contribution in [0, 0.1) is 0 Å². The van der Waals surface area contributed by atoms with E-state index in [0.717, 1.165) is 0 Å². The second kappa shape index (κ2) is 3.56. The van der Waals surface area contributed by atoms with Crippen molar-refractivity contribution in [3.8, 4) is 0 Å². The Bertz CT molecular complexity index is 317. The lowest BCUT2D eigenvalue weighted by atomic mass is 9.81. The maximum absolute atomic E-state index is 11.5. The fourth-order valence-electron chi connectivity index (χ4n) is 2.04. The maximum Gasteiger partial charge on any atom is 0.335 e. The third kappa shape index (κ3) is 1.72. The van der Waals surface area contributed by atoms with Gasteiger partial charge in [-0.15, -0.1) is 0 Å². The number of carbonyl (C=O) groups is 2. The van der Waals surface area contributed by atoms with Crippen LogP contribution in [-0.4, -0.2) is 34.4 Å². The summed E-state index contributed by atoms with van der Waals surface area (Å²) in [7, 11) is 0. The SMILES string of the molecule is C[C@H]1O[C@H]2C(Br)C(=O)CC[C@]2(C)OC1=O. The van der Waals surface area contributed by atoms with Crippen LogP contribution in [-0.2, 0) is 19.1 Å². The number of carbonyl (C=O) groups excluding carboxylic acids is 2. The summed E-state index contributed by atoms with van der Waals surface area (Å²) in [6.07, 6.45) is 0.00540. The molecule has 1 heterocycles. The lowest BCUT2D eigenvalue weighted by Gasteiger charge is -2.46. The summed E-state index contributed by atoms with van der Waals surface area (Å²) in [5.74, 6) is -0.231. The zero-order valence-corrected chi connectivity index (χ0v) is 10.2. The predicted octanol–water partition coefficient (Wildman–Crippen LogP) is 1.20. The quantitative estimate of drug-likeness (QED) is 0.493. The van der Waals surface area contributed by atoms with E-state index in [9.17, 15) is 9.59 Å². The van der Waals surface area contributed by atoms with Crippen LogP contribution in [0.15, 0.2) is 0 Å². The zero-order chi connectivity index (χ0) is 11.2. The van der Waals surface area contributed by atoms with Crippen molar-refractivity contribution < 1.29 is 19.1 Å². The molecule has 4 nitrogen and oxygen atoms in total. The number of Topliss-reactive ketones (excluding diaryl/α,β-unsaturated/α-hetero) is 1. The molecule has 0 aromatic heterocycles. The molecule has 15 heavy (non-hydrogen) atoms. The number of rotatable bonds is 0. The van der Waals surface area contributed by atoms with E-state index in [1.165, 1.54) is 0 Å². The van der Waals surface area contributed by atoms with Crippen molar-refractivity contribution in [3.05, 3.63) is 0 Å². The minimum absolute atomic E-state index is 0.114. The molecule has 2 rings (SSSR count). The summed E-state index contributed by atoms with van der Waals surface area (Å²) in [6, 6.07) is 0. The summed E-state index contributed by atoms with van der Waals surface area (Å²) in [6.45, 7) is 3.46. The van der Waals surface area contributed by atoms with Crippen molar-refractivity contribution in [2.75, 3.05) is 0 Å². The third-order valence-corrected chi connectivity index (χ3v) is 4.05. The average molecular weight is 277 g/mol. The zero-order valence-electron chi connectivity index (χ0n) is 8.66. The van der Waals surface area contributed by atoms with Gasteiger partial charge in [0, 0.05) is 6.42 Å². The molecule has 5 heteroatoms. The highest BCUT2D eigenvalue weighted by Crippen LogP contribution is 2.39. The molecule has 0 spiro atoms. The summed E-state index contributed by atoms with van der Waals surface area (Å²) in [5.41, 5.74) is -0.661. The van der Waals surface area contributed by atoms with E-state index in [4.69, 9.17) is 9.47 Å². The van der Waals surface area contributed by atoms with Crippen molar-refractivity contribution in [3.63, 3.8) is 0 Å². The Labute approximate surface area is 96.4 Å². The van der Waals surface area contributed by atoms with Gasteiger partial charge in [0.15, 0.2) is 6.10 Å². The van der Waals surface area contributed by atoms with Gasteiger partial charge in [0.2, 0.25) is 0 Å². The van der Waals surface area contributed by atoms with Crippen molar-refractivity contribution in [1.29, 1.82) is 0 Å². The molecule has 1 saturated carbocycles. The largest absolute Gasteiger partial charge is 0.455 e. The van der Waals surface area contributed by atoms with Gasteiger partial charge in [-0.05, 0) is 20.3 Å². The van der Waals surface area contributed by atoms with E-state index >= 15 is 0 Å². The van der Waals surface area contributed by atoms with Crippen molar-refractivity contribution in [1.82, 2.24) is 0 Å². The maximum atomic E-state index is 11.5. The number of esters is 1.